The predicted molar refractivity (Wildman–Crippen MR) is 55.1 cm³/mol. The van der Waals surface area contributed by atoms with E-state index in [1.54, 1.807) is 0 Å². The Morgan fingerprint density at radius 3 is 2.79 bits per heavy atom. The number of nitrogens with zero attached hydrogens (tertiary/aromatic N) is 2. The van der Waals surface area contributed by atoms with Gasteiger partial charge in [-0.3, -0.25) is 0 Å². The fourth-order valence-corrected chi connectivity index (χ4v) is 2.25. The molecule has 0 aromatic heterocycles. The van der Waals surface area contributed by atoms with E-state index in [0.29, 0.717) is 11.8 Å². The maximum Gasteiger partial charge on any atom is 0.345 e. The molecule has 0 aromatic carbocycles. The Kier molecular flexibility index (Phi) is 2.44. The fraction of sp³-hybridized carbons (Fsp3) is 0.800. The summed E-state index contributed by atoms with van der Waals surface area (Å²) < 4.78 is 0. The van der Waals surface area contributed by atoms with E-state index in [1.165, 1.54) is 19.3 Å². The molecule has 0 bridgehead atoms. The number of hydrogen-bond donors (Lipinski definition) is 1. The van der Waals surface area contributed by atoms with Gasteiger partial charge in [-0.1, -0.05) is 13.3 Å². The number of amidine groups is 1. The molecular formula is C10H17N3O. The molecule has 1 aliphatic heterocycles. The minimum atomic E-state index is -0.138. The lowest BCUT2D eigenvalue weighted by Gasteiger charge is -2.36. The van der Waals surface area contributed by atoms with Gasteiger partial charge in [0.25, 0.3) is 0 Å². The first-order chi connectivity index (χ1) is 6.74. The minimum Gasteiger partial charge on any atom is -0.385 e. The smallest absolute Gasteiger partial charge is 0.345 e. The normalized spacial score (nSPS) is 27.8. The predicted octanol–water partition coefficient (Wildman–Crippen LogP) is 1.36. The summed E-state index contributed by atoms with van der Waals surface area (Å²) in [4.78, 5) is 17.2. The van der Waals surface area contributed by atoms with E-state index < -0.39 is 0 Å². The number of hydrogen-bond acceptors (Lipinski definition) is 2. The van der Waals surface area contributed by atoms with Gasteiger partial charge in [0.2, 0.25) is 0 Å². The minimum absolute atomic E-state index is 0.108. The third-order valence-electron chi connectivity index (χ3n) is 3.17. The number of rotatable bonds is 3. The highest BCUT2D eigenvalue weighted by Gasteiger charge is 2.40. The van der Waals surface area contributed by atoms with Gasteiger partial charge in [0.15, 0.2) is 0 Å². The molecule has 4 nitrogen and oxygen atoms in total. The number of urea groups is 1. The summed E-state index contributed by atoms with van der Waals surface area (Å²) in [6.45, 7) is 2.85. The molecule has 2 N–H and O–H groups in total. The highest BCUT2D eigenvalue weighted by atomic mass is 16.2. The van der Waals surface area contributed by atoms with Crippen LogP contribution in [0.1, 0.15) is 32.6 Å². The van der Waals surface area contributed by atoms with Gasteiger partial charge in [-0.25, -0.2) is 4.79 Å². The van der Waals surface area contributed by atoms with E-state index in [4.69, 9.17) is 5.73 Å². The van der Waals surface area contributed by atoms with E-state index in [1.807, 2.05) is 4.90 Å². The summed E-state index contributed by atoms with van der Waals surface area (Å²) in [5, 5.41) is 0. The van der Waals surface area contributed by atoms with Crippen LogP contribution in [0.5, 0.6) is 0 Å². The van der Waals surface area contributed by atoms with Gasteiger partial charge in [-0.15, -0.1) is 0 Å². The largest absolute Gasteiger partial charge is 0.385 e. The molecule has 2 amide bonds. The molecule has 2 aliphatic rings. The highest BCUT2D eigenvalue weighted by Crippen LogP contribution is 2.34. The SMILES string of the molecule is CCCN1C(=O)N=C(N)C1C1CCC1. The average molecular weight is 195 g/mol. The molecule has 0 aromatic rings. The molecule has 1 fully saturated rings. The summed E-state index contributed by atoms with van der Waals surface area (Å²) in [5.41, 5.74) is 5.79. The number of amides is 2. The maximum absolute atomic E-state index is 11.5. The molecule has 0 saturated heterocycles. The molecular weight excluding hydrogens is 178 g/mol. The first kappa shape index (κ1) is 9.49. The second kappa shape index (κ2) is 3.59. The van der Waals surface area contributed by atoms with Gasteiger partial charge >= 0.3 is 6.03 Å². The van der Waals surface area contributed by atoms with E-state index in [9.17, 15) is 4.79 Å². The number of carbonyl (C=O) groups is 1. The Bertz CT molecular complexity index is 271. The van der Waals surface area contributed by atoms with E-state index in [-0.39, 0.29) is 12.1 Å². The van der Waals surface area contributed by atoms with Crippen LogP contribution >= 0.6 is 0 Å². The van der Waals surface area contributed by atoms with Gasteiger partial charge in [0, 0.05) is 6.54 Å². The van der Waals surface area contributed by atoms with E-state index in [0.717, 1.165) is 13.0 Å². The highest BCUT2D eigenvalue weighted by molar-refractivity contribution is 6.03. The third-order valence-corrected chi connectivity index (χ3v) is 3.17. The summed E-state index contributed by atoms with van der Waals surface area (Å²) in [6.07, 6.45) is 4.61. The number of nitrogens with two attached hydrogens (primary N) is 1. The second-order valence-electron chi connectivity index (χ2n) is 4.15. The molecule has 78 valence electrons. The number of carbonyl (C=O) groups excluding carboxylic acids is 1. The van der Waals surface area contributed by atoms with E-state index in [2.05, 4.69) is 11.9 Å². The first-order valence-electron chi connectivity index (χ1n) is 5.38. The van der Waals surface area contributed by atoms with Crippen LogP contribution in [0.25, 0.3) is 0 Å². The van der Waals surface area contributed by atoms with Crippen molar-refractivity contribution < 1.29 is 4.79 Å². The third kappa shape index (κ3) is 1.38. The molecule has 1 atom stereocenters. The lowest BCUT2D eigenvalue weighted by Crippen LogP contribution is -2.48. The van der Waals surface area contributed by atoms with Gasteiger partial charge < -0.3 is 10.6 Å². The first-order valence-corrected chi connectivity index (χ1v) is 5.38. The topological polar surface area (TPSA) is 58.7 Å². The molecule has 0 spiro atoms. The monoisotopic (exact) mass is 195 g/mol. The molecule has 1 aliphatic carbocycles. The Balaban J connectivity index is 2.10. The van der Waals surface area contributed by atoms with Crippen molar-refractivity contribution in [1.82, 2.24) is 4.90 Å². The van der Waals surface area contributed by atoms with Crippen molar-refractivity contribution in [3.8, 4) is 0 Å². The average Bonchev–Trinajstić information content (AvgIpc) is 2.29. The van der Waals surface area contributed by atoms with Crippen molar-refractivity contribution in [3.05, 3.63) is 0 Å². The van der Waals surface area contributed by atoms with Crippen molar-refractivity contribution in [3.63, 3.8) is 0 Å². The molecule has 0 radical (unpaired) electrons. The lowest BCUT2D eigenvalue weighted by atomic mass is 9.79. The molecule has 1 heterocycles. The van der Waals surface area contributed by atoms with Crippen LogP contribution in [0.2, 0.25) is 0 Å². The number of aliphatic imine (C=N–C) groups is 1. The van der Waals surface area contributed by atoms with Crippen molar-refractivity contribution in [2.75, 3.05) is 6.54 Å². The Labute approximate surface area is 84.2 Å². The summed E-state index contributed by atoms with van der Waals surface area (Å²) in [5.74, 6) is 1.10. The van der Waals surface area contributed by atoms with Crippen molar-refractivity contribution in [1.29, 1.82) is 0 Å². The zero-order chi connectivity index (χ0) is 10.1. The summed E-state index contributed by atoms with van der Waals surface area (Å²) in [6, 6.07) is -0.0301. The maximum atomic E-state index is 11.5. The van der Waals surface area contributed by atoms with Crippen LogP contribution in [-0.2, 0) is 0 Å². The Morgan fingerprint density at radius 2 is 2.29 bits per heavy atom. The Hall–Kier alpha value is -1.06. The van der Waals surface area contributed by atoms with Crippen LogP contribution in [0, 0.1) is 5.92 Å². The fourth-order valence-electron chi connectivity index (χ4n) is 2.25. The standard InChI is InChI=1S/C10H17N3O/c1-2-6-13-8(7-4-3-5-7)9(11)12-10(13)14/h7-8H,2-6H2,1H3,(H2,11,12,14). The molecule has 1 unspecified atom stereocenters. The summed E-state index contributed by atoms with van der Waals surface area (Å²) >= 11 is 0. The molecule has 2 rings (SSSR count). The quantitative estimate of drug-likeness (QED) is 0.739. The molecule has 1 saturated carbocycles. The lowest BCUT2D eigenvalue weighted by molar-refractivity contribution is 0.160. The summed E-state index contributed by atoms with van der Waals surface area (Å²) in [7, 11) is 0. The van der Waals surface area contributed by atoms with Gasteiger partial charge in [-0.05, 0) is 25.2 Å². The van der Waals surface area contributed by atoms with Crippen molar-refractivity contribution >= 4 is 11.9 Å². The van der Waals surface area contributed by atoms with Crippen LogP contribution in [0.3, 0.4) is 0 Å². The van der Waals surface area contributed by atoms with Crippen molar-refractivity contribution in [2.45, 2.75) is 38.6 Å². The van der Waals surface area contributed by atoms with Crippen LogP contribution in [0.15, 0.2) is 4.99 Å². The van der Waals surface area contributed by atoms with Crippen LogP contribution in [-0.4, -0.2) is 29.4 Å². The van der Waals surface area contributed by atoms with Gasteiger partial charge in [0.1, 0.15) is 5.84 Å². The molecule has 14 heavy (non-hydrogen) atoms. The van der Waals surface area contributed by atoms with Gasteiger partial charge in [0.05, 0.1) is 6.04 Å². The van der Waals surface area contributed by atoms with Crippen LogP contribution < -0.4 is 5.73 Å². The van der Waals surface area contributed by atoms with Gasteiger partial charge in [-0.2, -0.15) is 4.99 Å². The van der Waals surface area contributed by atoms with Crippen LogP contribution in [0.4, 0.5) is 4.79 Å². The second-order valence-corrected chi connectivity index (χ2v) is 4.15. The zero-order valence-corrected chi connectivity index (χ0v) is 8.57. The Morgan fingerprint density at radius 1 is 1.57 bits per heavy atom. The van der Waals surface area contributed by atoms with E-state index >= 15 is 0 Å². The van der Waals surface area contributed by atoms with Crippen molar-refractivity contribution in [2.24, 2.45) is 16.6 Å². The zero-order valence-electron chi connectivity index (χ0n) is 8.57. The molecule has 4 heteroatoms.